The number of halogens is 1. The Bertz CT molecular complexity index is 432. The van der Waals surface area contributed by atoms with Gasteiger partial charge in [-0.15, -0.1) is 17.5 Å². The van der Waals surface area contributed by atoms with Crippen LogP contribution in [-0.2, 0) is 16.2 Å². The quantitative estimate of drug-likeness (QED) is 0.590. The Labute approximate surface area is 121 Å². The van der Waals surface area contributed by atoms with E-state index in [0.29, 0.717) is 13.1 Å². The third kappa shape index (κ3) is 5.45. The average Bonchev–Trinajstić information content (AvgIpc) is 2.35. The predicted octanol–water partition coefficient (Wildman–Crippen LogP) is 3.58. The maximum atomic E-state index is 11.3. The van der Waals surface area contributed by atoms with Crippen molar-refractivity contribution in [3.63, 3.8) is 0 Å². The summed E-state index contributed by atoms with van der Waals surface area (Å²) in [5.74, 6) is -0.409. The molecule has 0 aliphatic carbocycles. The minimum atomic E-state index is -0.409. The lowest BCUT2D eigenvalue weighted by atomic mass is 10.0. The second-order valence-corrected chi connectivity index (χ2v) is 4.34. The summed E-state index contributed by atoms with van der Waals surface area (Å²) in [6, 6.07) is 6.17. The van der Waals surface area contributed by atoms with Crippen molar-refractivity contribution < 1.29 is 9.63 Å². The molecule has 0 aromatic heterocycles. The zero-order valence-corrected chi connectivity index (χ0v) is 12.6. The molecule has 106 valence electrons. The van der Waals surface area contributed by atoms with Crippen LogP contribution in [0.25, 0.3) is 0 Å². The third-order valence-electron chi connectivity index (χ3n) is 2.92. The topological polar surface area (TPSA) is 29.5 Å². The van der Waals surface area contributed by atoms with E-state index in [9.17, 15) is 4.79 Å². The lowest BCUT2D eigenvalue weighted by molar-refractivity contribution is -0.187. The maximum Gasteiger partial charge on any atom is 0.349 e. The van der Waals surface area contributed by atoms with Gasteiger partial charge in [-0.1, -0.05) is 31.7 Å². The van der Waals surface area contributed by atoms with Gasteiger partial charge in [0.2, 0.25) is 0 Å². The van der Waals surface area contributed by atoms with Crippen molar-refractivity contribution in [3.05, 3.63) is 47.5 Å². The SMILES string of the molecule is C=CC(=O)ON(CCC)Cc1cccc(C)c1C.Cl. The maximum absolute atomic E-state index is 11.3. The molecule has 0 aliphatic heterocycles. The summed E-state index contributed by atoms with van der Waals surface area (Å²) >= 11 is 0. The number of hydroxylamine groups is 2. The van der Waals surface area contributed by atoms with Crippen LogP contribution >= 0.6 is 12.4 Å². The molecular formula is C15H22ClNO2. The molecule has 0 fully saturated rings. The summed E-state index contributed by atoms with van der Waals surface area (Å²) in [6.45, 7) is 11.0. The van der Waals surface area contributed by atoms with Crippen LogP contribution in [0.15, 0.2) is 30.9 Å². The molecule has 0 N–H and O–H groups in total. The molecular weight excluding hydrogens is 262 g/mol. The average molecular weight is 284 g/mol. The van der Waals surface area contributed by atoms with Gasteiger partial charge in [0.25, 0.3) is 0 Å². The Morgan fingerprint density at radius 1 is 1.42 bits per heavy atom. The van der Waals surface area contributed by atoms with Crippen LogP contribution in [0.2, 0.25) is 0 Å². The minimum absolute atomic E-state index is 0. The molecule has 1 aromatic carbocycles. The Morgan fingerprint density at radius 3 is 2.68 bits per heavy atom. The Hall–Kier alpha value is -1.32. The summed E-state index contributed by atoms with van der Waals surface area (Å²) in [7, 11) is 0. The highest BCUT2D eigenvalue weighted by molar-refractivity contribution is 5.85. The Kier molecular flexibility index (Phi) is 8.12. The highest BCUT2D eigenvalue weighted by atomic mass is 35.5. The van der Waals surface area contributed by atoms with E-state index >= 15 is 0 Å². The minimum Gasteiger partial charge on any atom is -0.364 e. The summed E-state index contributed by atoms with van der Waals surface area (Å²) in [4.78, 5) is 16.5. The first-order valence-electron chi connectivity index (χ1n) is 6.22. The lowest BCUT2D eigenvalue weighted by Crippen LogP contribution is -2.27. The second-order valence-electron chi connectivity index (χ2n) is 4.34. The van der Waals surface area contributed by atoms with E-state index < -0.39 is 5.97 Å². The van der Waals surface area contributed by atoms with E-state index in [2.05, 4.69) is 39.5 Å². The summed E-state index contributed by atoms with van der Waals surface area (Å²) < 4.78 is 0. The standard InChI is InChI=1S/C15H21NO2.ClH/c1-5-10-16(18-15(17)6-2)11-14-9-7-8-12(3)13(14)4;/h6-9H,2,5,10-11H2,1,3-4H3;1H. The molecule has 19 heavy (non-hydrogen) atoms. The second kappa shape index (κ2) is 8.73. The zero-order valence-electron chi connectivity index (χ0n) is 11.8. The van der Waals surface area contributed by atoms with Crippen LogP contribution in [-0.4, -0.2) is 17.6 Å². The number of benzene rings is 1. The molecule has 1 aromatic rings. The van der Waals surface area contributed by atoms with Crippen molar-refractivity contribution in [1.29, 1.82) is 0 Å². The van der Waals surface area contributed by atoms with Gasteiger partial charge >= 0.3 is 5.97 Å². The Morgan fingerprint density at radius 2 is 2.11 bits per heavy atom. The van der Waals surface area contributed by atoms with Gasteiger partial charge < -0.3 is 4.84 Å². The first kappa shape index (κ1) is 17.7. The molecule has 0 heterocycles. The molecule has 0 amide bonds. The number of aryl methyl sites for hydroxylation is 1. The zero-order chi connectivity index (χ0) is 13.5. The highest BCUT2D eigenvalue weighted by Crippen LogP contribution is 2.15. The summed E-state index contributed by atoms with van der Waals surface area (Å²) in [5, 5.41) is 1.69. The van der Waals surface area contributed by atoms with Crippen molar-refractivity contribution in [2.45, 2.75) is 33.7 Å². The molecule has 1 rings (SSSR count). The van der Waals surface area contributed by atoms with Crippen LogP contribution in [0.1, 0.15) is 30.0 Å². The monoisotopic (exact) mass is 283 g/mol. The summed E-state index contributed by atoms with van der Waals surface area (Å²) in [5.41, 5.74) is 3.67. The van der Waals surface area contributed by atoms with Crippen molar-refractivity contribution >= 4 is 18.4 Å². The van der Waals surface area contributed by atoms with E-state index in [1.54, 1.807) is 5.06 Å². The molecule has 0 unspecified atom stereocenters. The number of carbonyl (C=O) groups excluding carboxylic acids is 1. The van der Waals surface area contributed by atoms with Gasteiger partial charge in [0.1, 0.15) is 0 Å². The van der Waals surface area contributed by atoms with Gasteiger partial charge in [-0.05, 0) is 37.0 Å². The molecule has 0 aliphatic rings. The van der Waals surface area contributed by atoms with Gasteiger partial charge in [0.05, 0.1) is 6.54 Å². The number of hydrogen-bond donors (Lipinski definition) is 0. The van der Waals surface area contributed by atoms with Gasteiger partial charge in [0.15, 0.2) is 0 Å². The first-order chi connectivity index (χ1) is 8.58. The lowest BCUT2D eigenvalue weighted by Gasteiger charge is -2.21. The highest BCUT2D eigenvalue weighted by Gasteiger charge is 2.11. The van der Waals surface area contributed by atoms with Crippen LogP contribution in [0.4, 0.5) is 0 Å². The van der Waals surface area contributed by atoms with Gasteiger partial charge in [-0.25, -0.2) is 4.79 Å². The molecule has 0 atom stereocenters. The van der Waals surface area contributed by atoms with Crippen molar-refractivity contribution in [2.75, 3.05) is 6.54 Å². The number of nitrogens with zero attached hydrogens (tertiary/aromatic N) is 1. The number of hydrogen-bond acceptors (Lipinski definition) is 3. The Balaban J connectivity index is 0.00000324. The predicted molar refractivity (Wildman–Crippen MR) is 80.2 cm³/mol. The van der Waals surface area contributed by atoms with E-state index in [-0.39, 0.29) is 12.4 Å². The van der Waals surface area contributed by atoms with E-state index in [0.717, 1.165) is 6.42 Å². The van der Waals surface area contributed by atoms with Gasteiger partial charge in [0, 0.05) is 12.6 Å². The molecule has 0 saturated heterocycles. The normalized spacial score (nSPS) is 9.89. The molecule has 0 saturated carbocycles. The van der Waals surface area contributed by atoms with Crippen LogP contribution in [0.3, 0.4) is 0 Å². The molecule has 4 heteroatoms. The molecule has 0 bridgehead atoms. The van der Waals surface area contributed by atoms with E-state index in [4.69, 9.17) is 4.84 Å². The van der Waals surface area contributed by atoms with Crippen molar-refractivity contribution in [1.82, 2.24) is 5.06 Å². The first-order valence-corrected chi connectivity index (χ1v) is 6.22. The molecule has 0 radical (unpaired) electrons. The van der Waals surface area contributed by atoms with Crippen LogP contribution in [0, 0.1) is 13.8 Å². The largest absolute Gasteiger partial charge is 0.364 e. The number of rotatable bonds is 6. The van der Waals surface area contributed by atoms with Crippen LogP contribution < -0.4 is 0 Å². The van der Waals surface area contributed by atoms with Crippen molar-refractivity contribution in [3.8, 4) is 0 Å². The van der Waals surface area contributed by atoms with Crippen molar-refractivity contribution in [2.24, 2.45) is 0 Å². The van der Waals surface area contributed by atoms with Gasteiger partial charge in [-0.2, -0.15) is 0 Å². The smallest absolute Gasteiger partial charge is 0.349 e. The van der Waals surface area contributed by atoms with E-state index in [1.165, 1.54) is 22.8 Å². The fourth-order valence-corrected chi connectivity index (χ4v) is 1.74. The molecule has 0 spiro atoms. The summed E-state index contributed by atoms with van der Waals surface area (Å²) in [6.07, 6.45) is 2.11. The molecule has 3 nitrogen and oxygen atoms in total. The third-order valence-corrected chi connectivity index (χ3v) is 2.92. The number of carbonyl (C=O) groups is 1. The van der Waals surface area contributed by atoms with E-state index in [1.807, 2.05) is 6.07 Å². The fraction of sp³-hybridized carbons (Fsp3) is 0.400. The fourth-order valence-electron chi connectivity index (χ4n) is 1.74. The van der Waals surface area contributed by atoms with Crippen LogP contribution in [0.5, 0.6) is 0 Å². The van der Waals surface area contributed by atoms with Gasteiger partial charge in [-0.3, -0.25) is 0 Å².